The summed E-state index contributed by atoms with van der Waals surface area (Å²) in [4.78, 5) is 12.1. The van der Waals surface area contributed by atoms with Crippen molar-refractivity contribution in [3.63, 3.8) is 0 Å². The second kappa shape index (κ2) is 8.77. The Labute approximate surface area is 154 Å². The van der Waals surface area contributed by atoms with E-state index in [1.165, 1.54) is 32.4 Å². The summed E-state index contributed by atoms with van der Waals surface area (Å²) < 4.78 is 49.3. The zero-order valence-electron chi connectivity index (χ0n) is 14.8. The molecule has 0 radical (unpaired) electrons. The Morgan fingerprint density at radius 1 is 1.15 bits per heavy atom. The molecule has 0 aliphatic rings. The summed E-state index contributed by atoms with van der Waals surface area (Å²) in [7, 11) is 2.95. The highest BCUT2D eigenvalue weighted by molar-refractivity contribution is 5.79. The SMILES string of the molecule is COc1ccc(CC(=O)NCC(O)c2ccccc2C(F)(F)F)c(OC)c1. The number of rotatable bonds is 7. The molecular formula is C19H20F3NO4. The van der Waals surface area contributed by atoms with E-state index in [1.807, 2.05) is 0 Å². The van der Waals surface area contributed by atoms with Crippen LogP contribution in [0, 0.1) is 0 Å². The van der Waals surface area contributed by atoms with Gasteiger partial charge >= 0.3 is 6.18 Å². The predicted octanol–water partition coefficient (Wildman–Crippen LogP) is 3.11. The van der Waals surface area contributed by atoms with Crippen molar-refractivity contribution < 1.29 is 32.5 Å². The topological polar surface area (TPSA) is 67.8 Å². The van der Waals surface area contributed by atoms with E-state index >= 15 is 0 Å². The summed E-state index contributed by atoms with van der Waals surface area (Å²) in [6, 6.07) is 9.67. The first-order valence-corrected chi connectivity index (χ1v) is 8.08. The maximum absolute atomic E-state index is 13.0. The van der Waals surface area contributed by atoms with Gasteiger partial charge in [-0.05, 0) is 17.7 Å². The number of alkyl halides is 3. The van der Waals surface area contributed by atoms with Crippen LogP contribution in [0.2, 0.25) is 0 Å². The lowest BCUT2D eigenvalue weighted by molar-refractivity contribution is -0.139. The lowest BCUT2D eigenvalue weighted by Gasteiger charge is -2.18. The van der Waals surface area contributed by atoms with Gasteiger partial charge in [0.05, 0.1) is 32.3 Å². The summed E-state index contributed by atoms with van der Waals surface area (Å²) in [6.45, 7) is -0.343. The molecular weight excluding hydrogens is 363 g/mol. The van der Waals surface area contributed by atoms with Gasteiger partial charge < -0.3 is 19.9 Å². The highest BCUT2D eigenvalue weighted by Gasteiger charge is 2.34. The number of hydrogen-bond donors (Lipinski definition) is 2. The minimum Gasteiger partial charge on any atom is -0.497 e. The highest BCUT2D eigenvalue weighted by atomic mass is 19.4. The molecule has 1 unspecified atom stereocenters. The van der Waals surface area contributed by atoms with E-state index in [1.54, 1.807) is 18.2 Å². The first-order chi connectivity index (χ1) is 12.8. The zero-order valence-corrected chi connectivity index (χ0v) is 14.8. The third kappa shape index (κ3) is 5.37. The normalized spacial score (nSPS) is 12.4. The molecule has 146 valence electrons. The first kappa shape index (κ1) is 20.6. The number of ether oxygens (including phenoxy) is 2. The molecule has 8 heteroatoms. The lowest BCUT2D eigenvalue weighted by atomic mass is 10.0. The van der Waals surface area contributed by atoms with Crippen molar-refractivity contribution in [3.05, 3.63) is 59.2 Å². The van der Waals surface area contributed by atoms with E-state index in [0.29, 0.717) is 17.1 Å². The van der Waals surface area contributed by atoms with Gasteiger partial charge in [-0.25, -0.2) is 0 Å². The maximum Gasteiger partial charge on any atom is 0.416 e. The summed E-state index contributed by atoms with van der Waals surface area (Å²) >= 11 is 0. The van der Waals surface area contributed by atoms with Crippen LogP contribution >= 0.6 is 0 Å². The number of nitrogens with one attached hydrogen (secondary N) is 1. The van der Waals surface area contributed by atoms with Gasteiger partial charge in [0, 0.05) is 18.2 Å². The Morgan fingerprint density at radius 2 is 1.85 bits per heavy atom. The zero-order chi connectivity index (χ0) is 20.0. The second-order valence-electron chi connectivity index (χ2n) is 5.76. The van der Waals surface area contributed by atoms with Crippen LogP contribution in [0.15, 0.2) is 42.5 Å². The molecule has 0 bridgehead atoms. The quantitative estimate of drug-likeness (QED) is 0.771. The molecule has 1 amide bonds. The summed E-state index contributed by atoms with van der Waals surface area (Å²) in [6.07, 6.45) is -6.12. The van der Waals surface area contributed by atoms with E-state index in [0.717, 1.165) is 6.07 Å². The molecule has 5 nitrogen and oxygen atoms in total. The van der Waals surface area contributed by atoms with Crippen molar-refractivity contribution >= 4 is 5.91 Å². The van der Waals surface area contributed by atoms with E-state index in [9.17, 15) is 23.1 Å². The number of carbonyl (C=O) groups excluding carboxylic acids is 1. The molecule has 2 aromatic rings. The number of carbonyl (C=O) groups is 1. The molecule has 1 atom stereocenters. The molecule has 0 aliphatic heterocycles. The minimum absolute atomic E-state index is 0.0548. The van der Waals surface area contributed by atoms with Gasteiger partial charge in [-0.2, -0.15) is 13.2 Å². The van der Waals surface area contributed by atoms with Gasteiger partial charge in [0.15, 0.2) is 0 Å². The Kier molecular flexibility index (Phi) is 6.68. The van der Waals surface area contributed by atoms with Gasteiger partial charge in [-0.15, -0.1) is 0 Å². The van der Waals surface area contributed by atoms with Crippen molar-refractivity contribution in [1.29, 1.82) is 0 Å². The Bertz CT molecular complexity index is 793. The number of halogens is 3. The Hall–Kier alpha value is -2.74. The molecule has 2 N–H and O–H groups in total. The molecule has 2 rings (SSSR count). The molecule has 0 saturated carbocycles. The molecule has 0 aromatic heterocycles. The van der Waals surface area contributed by atoms with Crippen LogP contribution in [-0.4, -0.2) is 31.8 Å². The van der Waals surface area contributed by atoms with Crippen molar-refractivity contribution in [2.75, 3.05) is 20.8 Å². The summed E-state index contributed by atoms with van der Waals surface area (Å²) in [5, 5.41) is 12.5. The molecule has 0 spiro atoms. The minimum atomic E-state index is -4.59. The van der Waals surface area contributed by atoms with Crippen molar-refractivity contribution in [2.24, 2.45) is 0 Å². The Balaban J connectivity index is 2.02. The smallest absolute Gasteiger partial charge is 0.416 e. The van der Waals surface area contributed by atoms with Crippen molar-refractivity contribution in [1.82, 2.24) is 5.32 Å². The third-order valence-corrected chi connectivity index (χ3v) is 3.96. The van der Waals surface area contributed by atoms with E-state index in [4.69, 9.17) is 9.47 Å². The van der Waals surface area contributed by atoms with Crippen LogP contribution in [0.1, 0.15) is 22.8 Å². The number of aliphatic hydroxyl groups is 1. The van der Waals surface area contributed by atoms with Gasteiger partial charge in [0.2, 0.25) is 5.91 Å². The number of hydrogen-bond acceptors (Lipinski definition) is 4. The first-order valence-electron chi connectivity index (χ1n) is 8.08. The van der Waals surface area contributed by atoms with Crippen molar-refractivity contribution in [3.8, 4) is 11.5 Å². The van der Waals surface area contributed by atoms with Gasteiger partial charge in [-0.1, -0.05) is 24.3 Å². The van der Waals surface area contributed by atoms with E-state index in [2.05, 4.69) is 5.32 Å². The standard InChI is InChI=1S/C19H20F3NO4/c1-26-13-8-7-12(17(10-13)27-2)9-18(25)23-11-16(24)14-5-3-4-6-15(14)19(20,21)22/h3-8,10,16,24H,9,11H2,1-2H3,(H,23,25). The largest absolute Gasteiger partial charge is 0.497 e. The van der Waals surface area contributed by atoms with Gasteiger partial charge in [-0.3, -0.25) is 4.79 Å². The fourth-order valence-electron chi connectivity index (χ4n) is 2.60. The average Bonchev–Trinajstić information content (AvgIpc) is 2.65. The van der Waals surface area contributed by atoms with Crippen LogP contribution < -0.4 is 14.8 Å². The molecule has 0 heterocycles. The van der Waals surface area contributed by atoms with Gasteiger partial charge in [0.1, 0.15) is 11.5 Å². The van der Waals surface area contributed by atoms with Crippen LogP contribution in [0.4, 0.5) is 13.2 Å². The molecule has 0 fully saturated rings. The number of aliphatic hydroxyl groups excluding tert-OH is 1. The third-order valence-electron chi connectivity index (χ3n) is 3.96. The van der Waals surface area contributed by atoms with Crippen LogP contribution in [0.5, 0.6) is 11.5 Å². The highest BCUT2D eigenvalue weighted by Crippen LogP contribution is 2.34. The number of amides is 1. The summed E-state index contributed by atoms with van der Waals surface area (Å²) in [5.41, 5.74) is -0.628. The Morgan fingerprint density at radius 3 is 2.48 bits per heavy atom. The monoisotopic (exact) mass is 383 g/mol. The molecule has 0 aliphatic carbocycles. The van der Waals surface area contributed by atoms with E-state index in [-0.39, 0.29) is 18.5 Å². The second-order valence-corrected chi connectivity index (χ2v) is 5.76. The summed E-state index contributed by atoms with van der Waals surface area (Å²) in [5.74, 6) is 0.560. The number of benzene rings is 2. The van der Waals surface area contributed by atoms with Gasteiger partial charge in [0.25, 0.3) is 0 Å². The average molecular weight is 383 g/mol. The van der Waals surface area contributed by atoms with E-state index < -0.39 is 23.8 Å². The van der Waals surface area contributed by atoms with Crippen molar-refractivity contribution in [2.45, 2.75) is 18.7 Å². The maximum atomic E-state index is 13.0. The molecule has 27 heavy (non-hydrogen) atoms. The fraction of sp³-hybridized carbons (Fsp3) is 0.316. The lowest BCUT2D eigenvalue weighted by Crippen LogP contribution is -2.30. The fourth-order valence-corrected chi connectivity index (χ4v) is 2.60. The molecule has 0 saturated heterocycles. The molecule has 2 aromatic carbocycles. The number of methoxy groups -OCH3 is 2. The van der Waals surface area contributed by atoms with Crippen LogP contribution in [0.3, 0.4) is 0 Å². The predicted molar refractivity (Wildman–Crippen MR) is 92.7 cm³/mol. The van der Waals surface area contributed by atoms with Crippen LogP contribution in [-0.2, 0) is 17.4 Å². The van der Waals surface area contributed by atoms with Crippen LogP contribution in [0.25, 0.3) is 0 Å².